The number of aliphatic carboxylic acids is 1. The Labute approximate surface area is 163 Å². The maximum absolute atomic E-state index is 12.3. The van der Waals surface area contributed by atoms with Crippen LogP contribution in [0.25, 0.3) is 0 Å². The van der Waals surface area contributed by atoms with E-state index >= 15 is 0 Å². The Morgan fingerprint density at radius 2 is 1.67 bits per heavy atom. The summed E-state index contributed by atoms with van der Waals surface area (Å²) in [5, 5.41) is 10.1. The highest BCUT2D eigenvalue weighted by atomic mass is 16.5. The third-order valence-corrected chi connectivity index (χ3v) is 4.99. The predicted octanol–water partition coefficient (Wildman–Crippen LogP) is 5.08. The van der Waals surface area contributed by atoms with Gasteiger partial charge >= 0.3 is 5.97 Å². The van der Waals surface area contributed by atoms with Crippen LogP contribution in [0.5, 0.6) is 5.75 Å². The maximum Gasteiger partial charge on any atom is 0.329 e. The monoisotopic (exact) mass is 368 g/mol. The van der Waals surface area contributed by atoms with Crippen molar-refractivity contribution in [2.45, 2.75) is 58.7 Å². The molecule has 2 aromatic carbocycles. The Morgan fingerprint density at radius 3 is 2.22 bits per heavy atom. The minimum atomic E-state index is -0.893. The summed E-state index contributed by atoms with van der Waals surface area (Å²) in [5.41, 5.74) is -0.170. The highest BCUT2D eigenvalue weighted by molar-refractivity contribution is 5.92. The molecule has 3 rings (SSSR count). The molecule has 1 N–H and O–H groups in total. The fourth-order valence-electron chi connectivity index (χ4n) is 4.06. The summed E-state index contributed by atoms with van der Waals surface area (Å²) in [6, 6.07) is 16.5. The number of anilines is 1. The van der Waals surface area contributed by atoms with Gasteiger partial charge in [-0.25, -0.2) is 4.79 Å². The summed E-state index contributed by atoms with van der Waals surface area (Å²) in [6.45, 7) is 9.95. The molecule has 4 nitrogen and oxygen atoms in total. The number of rotatable bonds is 4. The van der Waals surface area contributed by atoms with Gasteiger partial charge in [0, 0.05) is 1.37 Å². The lowest BCUT2D eigenvalue weighted by Gasteiger charge is -2.33. The molecule has 0 saturated carbocycles. The first kappa shape index (κ1) is 17.9. The fraction of sp³-hybridized carbons (Fsp3) is 0.435. The van der Waals surface area contributed by atoms with Crippen LogP contribution < -0.4 is 9.64 Å². The van der Waals surface area contributed by atoms with Gasteiger partial charge in [-0.2, -0.15) is 0 Å². The van der Waals surface area contributed by atoms with E-state index < -0.39 is 28.6 Å². The normalized spacial score (nSPS) is 22.9. The quantitative estimate of drug-likeness (QED) is 0.765. The summed E-state index contributed by atoms with van der Waals surface area (Å²) < 4.78 is 14.3. The lowest BCUT2D eigenvalue weighted by atomic mass is 9.73. The van der Waals surface area contributed by atoms with Crippen LogP contribution >= 0.6 is 0 Å². The van der Waals surface area contributed by atoms with E-state index in [1.165, 1.54) is 0 Å². The average Bonchev–Trinajstić information content (AvgIpc) is 3.34. The van der Waals surface area contributed by atoms with E-state index in [2.05, 4.69) is 0 Å². The van der Waals surface area contributed by atoms with Crippen molar-refractivity contribution < 1.29 is 16.0 Å². The fourth-order valence-corrected chi connectivity index (χ4v) is 4.06. The van der Waals surface area contributed by atoms with Crippen molar-refractivity contribution in [2.24, 2.45) is 5.41 Å². The molecule has 1 heterocycles. The zero-order valence-corrected chi connectivity index (χ0v) is 16.7. The Hall–Kier alpha value is -2.49. The molecule has 2 aromatic rings. The van der Waals surface area contributed by atoms with Crippen LogP contribution in [-0.2, 0) is 10.3 Å². The molecule has 1 aliphatic heterocycles. The van der Waals surface area contributed by atoms with E-state index in [0.29, 0.717) is 5.75 Å². The molecule has 1 fully saturated rings. The molecule has 0 spiro atoms. The molecule has 0 aromatic heterocycles. The third kappa shape index (κ3) is 3.18. The van der Waals surface area contributed by atoms with Crippen molar-refractivity contribution in [1.29, 1.82) is 0 Å². The van der Waals surface area contributed by atoms with Crippen LogP contribution in [0.3, 0.4) is 0 Å². The van der Waals surface area contributed by atoms with Crippen molar-refractivity contribution in [2.75, 3.05) is 4.90 Å². The van der Waals surface area contributed by atoms with Crippen molar-refractivity contribution in [3.63, 3.8) is 0 Å². The topological polar surface area (TPSA) is 49.5 Å². The summed E-state index contributed by atoms with van der Waals surface area (Å²) >= 11 is 0. The van der Waals surface area contributed by atoms with Gasteiger partial charge in [0.05, 0.1) is 5.69 Å². The highest BCUT2D eigenvalue weighted by Crippen LogP contribution is 2.63. The number of carboxylic acid groups (broad SMARTS) is 1. The van der Waals surface area contributed by atoms with Crippen LogP contribution in [0, 0.1) is 5.41 Å². The largest absolute Gasteiger partial charge is 0.486 e. The minimum absolute atomic E-state index is 0.102. The molecular formula is C23H29NO3. The molecule has 2 atom stereocenters. The summed E-state index contributed by atoms with van der Waals surface area (Å²) in [5.74, 6) is -0.240. The van der Waals surface area contributed by atoms with E-state index in [9.17, 15) is 9.90 Å². The zero-order valence-electron chi connectivity index (χ0n) is 17.7. The van der Waals surface area contributed by atoms with Gasteiger partial charge in [-0.3, -0.25) is 0 Å². The van der Waals surface area contributed by atoms with Crippen LogP contribution in [0.15, 0.2) is 54.6 Å². The SMILES string of the molecule is [2H]CC(C)(C)[C@]1(c2ccccc2)[C@@H](C(=O)O)N1c1ccccc1OC(C)(C)C. The molecule has 0 unspecified atom stereocenters. The maximum atomic E-state index is 12.3. The first-order valence-electron chi connectivity index (χ1n) is 9.92. The molecule has 0 radical (unpaired) electrons. The number of hydrogen-bond donors (Lipinski definition) is 1. The van der Waals surface area contributed by atoms with Crippen molar-refractivity contribution >= 4 is 11.7 Å². The Bertz CT molecular complexity index is 860. The summed E-state index contributed by atoms with van der Waals surface area (Å²) in [7, 11) is 0. The Kier molecular flexibility index (Phi) is 4.17. The van der Waals surface area contributed by atoms with E-state index in [4.69, 9.17) is 6.11 Å². The molecule has 4 heteroatoms. The smallest absolute Gasteiger partial charge is 0.329 e. The van der Waals surface area contributed by atoms with E-state index in [1.54, 1.807) is 0 Å². The molecule has 144 valence electrons. The first-order valence-corrected chi connectivity index (χ1v) is 9.21. The number of carbonyl (C=O) groups is 1. The minimum Gasteiger partial charge on any atom is -0.486 e. The van der Waals surface area contributed by atoms with E-state index in [1.807, 2.05) is 94.1 Å². The number of carboxylic acids is 1. The first-order chi connectivity index (χ1) is 13.1. The van der Waals surface area contributed by atoms with Gasteiger partial charge in [0.1, 0.15) is 16.9 Å². The Balaban J connectivity index is 2.22. The van der Waals surface area contributed by atoms with Crippen molar-refractivity contribution in [3.05, 3.63) is 60.2 Å². The third-order valence-electron chi connectivity index (χ3n) is 4.99. The van der Waals surface area contributed by atoms with Gasteiger partial charge in [-0.05, 0) is 43.9 Å². The number of para-hydroxylation sites is 2. The molecular weight excluding hydrogens is 338 g/mol. The van der Waals surface area contributed by atoms with Crippen molar-refractivity contribution in [3.8, 4) is 5.75 Å². The van der Waals surface area contributed by atoms with Crippen LogP contribution in [0.2, 0.25) is 0 Å². The number of nitrogens with zero attached hydrogens (tertiary/aromatic N) is 1. The van der Waals surface area contributed by atoms with E-state index in [-0.39, 0.29) is 6.90 Å². The number of benzene rings is 2. The van der Waals surface area contributed by atoms with Crippen LogP contribution in [0.4, 0.5) is 5.69 Å². The zero-order chi connectivity index (χ0) is 20.7. The summed E-state index contributed by atoms with van der Waals surface area (Å²) in [6.07, 6.45) is 0. The second-order valence-electron chi connectivity index (χ2n) is 8.81. The molecule has 27 heavy (non-hydrogen) atoms. The molecule has 0 amide bonds. The highest BCUT2D eigenvalue weighted by Gasteiger charge is 2.73. The molecule has 1 saturated heterocycles. The van der Waals surface area contributed by atoms with Gasteiger partial charge in [0.15, 0.2) is 6.04 Å². The predicted molar refractivity (Wildman–Crippen MR) is 108 cm³/mol. The average molecular weight is 368 g/mol. The second-order valence-corrected chi connectivity index (χ2v) is 8.81. The van der Waals surface area contributed by atoms with Gasteiger partial charge in [-0.15, -0.1) is 0 Å². The van der Waals surface area contributed by atoms with Crippen LogP contribution in [-0.4, -0.2) is 22.7 Å². The summed E-state index contributed by atoms with van der Waals surface area (Å²) in [4.78, 5) is 14.3. The van der Waals surface area contributed by atoms with E-state index in [0.717, 1.165) is 11.3 Å². The molecule has 0 bridgehead atoms. The number of hydrogen-bond acceptors (Lipinski definition) is 3. The lowest BCUT2D eigenvalue weighted by Crippen LogP contribution is -2.34. The standard InChI is InChI=1S/C23H29NO3/c1-21(2,3)23(16-12-8-7-9-13-16)19(20(25)26)24(23)17-14-10-11-15-18(17)27-22(4,5)6/h7-15,19H,1-6H3,(H,25,26)/t19-,23+,24?/m1/s1/i1D. The van der Waals surface area contributed by atoms with Gasteiger partial charge in [-0.1, -0.05) is 63.2 Å². The second kappa shape index (κ2) is 6.29. The lowest BCUT2D eigenvalue weighted by molar-refractivity contribution is -0.137. The molecule has 0 aliphatic carbocycles. The van der Waals surface area contributed by atoms with Gasteiger partial charge in [0.2, 0.25) is 0 Å². The van der Waals surface area contributed by atoms with Crippen molar-refractivity contribution in [1.82, 2.24) is 0 Å². The van der Waals surface area contributed by atoms with Crippen LogP contribution in [0.1, 0.15) is 48.5 Å². The molecule has 1 aliphatic rings. The Morgan fingerprint density at radius 1 is 1.07 bits per heavy atom. The van der Waals surface area contributed by atoms with Gasteiger partial charge < -0.3 is 14.7 Å². The van der Waals surface area contributed by atoms with Gasteiger partial charge in [0.25, 0.3) is 0 Å². The number of ether oxygens (including phenoxy) is 1.